The molecule has 0 radical (unpaired) electrons. The summed E-state index contributed by atoms with van der Waals surface area (Å²) in [5.41, 5.74) is 0.390. The standard InChI is InChI=1S/C12H21BrN2O/c13-9-11(16)15-10-3-1-2-4-12(10)5-7-14-8-6-12/h10,14H,1-9H2,(H,15,16). The van der Waals surface area contributed by atoms with Gasteiger partial charge < -0.3 is 10.6 Å². The number of carbonyl (C=O) groups excluding carboxylic acids is 1. The monoisotopic (exact) mass is 288 g/mol. The highest BCUT2D eigenvalue weighted by Crippen LogP contribution is 2.43. The van der Waals surface area contributed by atoms with Gasteiger partial charge >= 0.3 is 0 Å². The maximum Gasteiger partial charge on any atom is 0.230 e. The van der Waals surface area contributed by atoms with Crippen LogP contribution in [0.4, 0.5) is 0 Å². The van der Waals surface area contributed by atoms with Crippen molar-refractivity contribution in [2.45, 2.75) is 44.6 Å². The van der Waals surface area contributed by atoms with Gasteiger partial charge in [-0.05, 0) is 44.2 Å². The first kappa shape index (κ1) is 12.4. The molecule has 3 nitrogen and oxygen atoms in total. The highest BCUT2D eigenvalue weighted by atomic mass is 79.9. The zero-order valence-corrected chi connectivity index (χ0v) is 11.3. The molecule has 2 aliphatic rings. The second kappa shape index (κ2) is 5.50. The molecule has 1 spiro atoms. The first-order valence-electron chi connectivity index (χ1n) is 6.33. The highest BCUT2D eigenvalue weighted by Gasteiger charge is 2.41. The molecule has 1 unspecified atom stereocenters. The fraction of sp³-hybridized carbons (Fsp3) is 0.917. The lowest BCUT2D eigenvalue weighted by molar-refractivity contribution is -0.120. The van der Waals surface area contributed by atoms with Crippen molar-refractivity contribution in [3.05, 3.63) is 0 Å². The molecule has 0 aromatic rings. The van der Waals surface area contributed by atoms with E-state index < -0.39 is 0 Å². The van der Waals surface area contributed by atoms with Crippen molar-refractivity contribution in [1.82, 2.24) is 10.6 Å². The maximum absolute atomic E-state index is 11.5. The van der Waals surface area contributed by atoms with E-state index in [-0.39, 0.29) is 5.91 Å². The highest BCUT2D eigenvalue weighted by molar-refractivity contribution is 9.09. The number of alkyl halides is 1. The van der Waals surface area contributed by atoms with Gasteiger partial charge in [-0.2, -0.15) is 0 Å². The normalized spacial score (nSPS) is 28.9. The van der Waals surface area contributed by atoms with Gasteiger partial charge in [0.25, 0.3) is 0 Å². The van der Waals surface area contributed by atoms with Crippen LogP contribution in [-0.2, 0) is 4.79 Å². The van der Waals surface area contributed by atoms with Crippen molar-refractivity contribution in [1.29, 1.82) is 0 Å². The number of hydrogen-bond acceptors (Lipinski definition) is 2. The molecular formula is C12H21BrN2O. The Labute approximate surface area is 106 Å². The lowest BCUT2D eigenvalue weighted by Gasteiger charge is -2.47. The van der Waals surface area contributed by atoms with Crippen LogP contribution < -0.4 is 10.6 Å². The van der Waals surface area contributed by atoms with Crippen LogP contribution in [0.15, 0.2) is 0 Å². The summed E-state index contributed by atoms with van der Waals surface area (Å²) in [4.78, 5) is 11.5. The molecule has 1 amide bonds. The number of halogens is 1. The molecule has 1 aliphatic heterocycles. The molecule has 4 heteroatoms. The van der Waals surface area contributed by atoms with E-state index in [9.17, 15) is 4.79 Å². The average molecular weight is 289 g/mol. The van der Waals surface area contributed by atoms with Crippen LogP contribution in [-0.4, -0.2) is 30.4 Å². The van der Waals surface area contributed by atoms with Gasteiger partial charge in [-0.3, -0.25) is 4.79 Å². The summed E-state index contributed by atoms with van der Waals surface area (Å²) >= 11 is 3.23. The Morgan fingerprint density at radius 1 is 1.31 bits per heavy atom. The van der Waals surface area contributed by atoms with Crippen molar-refractivity contribution < 1.29 is 4.79 Å². The van der Waals surface area contributed by atoms with E-state index in [1.165, 1.54) is 38.5 Å². The van der Waals surface area contributed by atoms with E-state index in [1.54, 1.807) is 0 Å². The summed E-state index contributed by atoms with van der Waals surface area (Å²) in [5, 5.41) is 7.07. The van der Waals surface area contributed by atoms with E-state index in [0.717, 1.165) is 13.1 Å². The first-order valence-corrected chi connectivity index (χ1v) is 7.45. The lowest BCUT2D eigenvalue weighted by atomic mass is 9.65. The molecule has 92 valence electrons. The van der Waals surface area contributed by atoms with Crippen molar-refractivity contribution in [3.8, 4) is 0 Å². The van der Waals surface area contributed by atoms with Crippen molar-refractivity contribution >= 4 is 21.8 Å². The Morgan fingerprint density at radius 3 is 2.75 bits per heavy atom. The predicted molar refractivity (Wildman–Crippen MR) is 68.7 cm³/mol. The average Bonchev–Trinajstić information content (AvgIpc) is 2.33. The topological polar surface area (TPSA) is 41.1 Å². The molecular weight excluding hydrogens is 268 g/mol. The third-order valence-corrected chi connectivity index (χ3v) is 4.72. The molecule has 0 aromatic carbocycles. The van der Waals surface area contributed by atoms with Gasteiger partial charge in [0.2, 0.25) is 5.91 Å². The zero-order valence-electron chi connectivity index (χ0n) is 9.73. The second-order valence-electron chi connectivity index (χ2n) is 5.11. The maximum atomic E-state index is 11.5. The molecule has 2 fully saturated rings. The predicted octanol–water partition coefficient (Wildman–Crippen LogP) is 1.81. The summed E-state index contributed by atoms with van der Waals surface area (Å²) in [6.45, 7) is 2.22. The minimum atomic E-state index is 0.143. The minimum absolute atomic E-state index is 0.143. The van der Waals surface area contributed by atoms with Gasteiger partial charge in [0, 0.05) is 6.04 Å². The molecule has 1 aliphatic carbocycles. The van der Waals surface area contributed by atoms with Crippen molar-refractivity contribution in [2.75, 3.05) is 18.4 Å². The van der Waals surface area contributed by atoms with Gasteiger partial charge in [0.15, 0.2) is 0 Å². The number of hydrogen-bond donors (Lipinski definition) is 2. The van der Waals surface area contributed by atoms with Crippen LogP contribution in [0, 0.1) is 5.41 Å². The molecule has 1 saturated carbocycles. The molecule has 2 rings (SSSR count). The van der Waals surface area contributed by atoms with E-state index in [0.29, 0.717) is 16.8 Å². The van der Waals surface area contributed by atoms with Crippen LogP contribution in [0.25, 0.3) is 0 Å². The van der Waals surface area contributed by atoms with Gasteiger partial charge in [-0.15, -0.1) is 0 Å². The number of nitrogens with one attached hydrogen (secondary N) is 2. The van der Waals surface area contributed by atoms with Crippen LogP contribution in [0.2, 0.25) is 0 Å². The van der Waals surface area contributed by atoms with Gasteiger partial charge in [-0.25, -0.2) is 0 Å². The van der Waals surface area contributed by atoms with E-state index >= 15 is 0 Å². The minimum Gasteiger partial charge on any atom is -0.352 e. The Kier molecular flexibility index (Phi) is 4.25. The quantitative estimate of drug-likeness (QED) is 0.761. The number of piperidine rings is 1. The lowest BCUT2D eigenvalue weighted by Crippen LogP contribution is -2.54. The van der Waals surface area contributed by atoms with Crippen LogP contribution in [0.5, 0.6) is 0 Å². The molecule has 1 atom stereocenters. The first-order chi connectivity index (χ1) is 7.77. The largest absolute Gasteiger partial charge is 0.352 e. The molecule has 16 heavy (non-hydrogen) atoms. The zero-order chi connectivity index (χ0) is 11.4. The van der Waals surface area contributed by atoms with E-state index in [4.69, 9.17) is 0 Å². The molecule has 2 N–H and O–H groups in total. The third kappa shape index (κ3) is 2.59. The van der Waals surface area contributed by atoms with E-state index in [2.05, 4.69) is 26.6 Å². The summed E-state index contributed by atoms with van der Waals surface area (Å²) in [6.07, 6.45) is 7.50. The van der Waals surface area contributed by atoms with Gasteiger partial charge in [0.1, 0.15) is 0 Å². The molecule has 1 heterocycles. The third-order valence-electron chi connectivity index (χ3n) is 4.21. The molecule has 0 aromatic heterocycles. The number of rotatable bonds is 2. The van der Waals surface area contributed by atoms with Crippen LogP contribution in [0.3, 0.4) is 0 Å². The number of carbonyl (C=O) groups is 1. The van der Waals surface area contributed by atoms with E-state index in [1.807, 2.05) is 0 Å². The summed E-state index contributed by atoms with van der Waals surface area (Å²) in [7, 11) is 0. The van der Waals surface area contributed by atoms with Gasteiger partial charge in [-0.1, -0.05) is 28.8 Å². The Balaban J connectivity index is 2.03. The Hall–Kier alpha value is -0.0900. The summed E-state index contributed by atoms with van der Waals surface area (Å²) < 4.78 is 0. The molecule has 0 bridgehead atoms. The fourth-order valence-electron chi connectivity index (χ4n) is 3.29. The summed E-state index contributed by atoms with van der Waals surface area (Å²) in [5.74, 6) is 0.143. The fourth-order valence-corrected chi connectivity index (χ4v) is 3.45. The SMILES string of the molecule is O=C(CBr)NC1CCCCC12CCNCC2. The van der Waals surface area contributed by atoms with Crippen LogP contribution >= 0.6 is 15.9 Å². The summed E-state index contributed by atoms with van der Waals surface area (Å²) in [6, 6.07) is 0.411. The smallest absolute Gasteiger partial charge is 0.230 e. The Morgan fingerprint density at radius 2 is 2.06 bits per heavy atom. The number of amides is 1. The van der Waals surface area contributed by atoms with Crippen LogP contribution in [0.1, 0.15) is 38.5 Å². The van der Waals surface area contributed by atoms with Crippen molar-refractivity contribution in [2.24, 2.45) is 5.41 Å². The van der Waals surface area contributed by atoms with Crippen molar-refractivity contribution in [3.63, 3.8) is 0 Å². The Bertz CT molecular complexity index is 243. The van der Waals surface area contributed by atoms with Gasteiger partial charge in [0.05, 0.1) is 5.33 Å². The second-order valence-corrected chi connectivity index (χ2v) is 5.67. The molecule has 1 saturated heterocycles.